The van der Waals surface area contributed by atoms with Crippen molar-refractivity contribution in [2.24, 2.45) is 0 Å². The van der Waals surface area contributed by atoms with Crippen molar-refractivity contribution in [3.8, 4) is 22.4 Å². The highest BCUT2D eigenvalue weighted by atomic mass is 14.7. The molecule has 0 N–H and O–H groups in total. The van der Waals surface area contributed by atoms with Crippen LogP contribution < -0.4 is 0 Å². The fraction of sp³-hybridized carbons (Fsp3) is 0.190. The van der Waals surface area contributed by atoms with E-state index in [0.29, 0.717) is 5.56 Å². The highest BCUT2D eigenvalue weighted by Crippen LogP contribution is 2.29. The zero-order valence-corrected chi connectivity index (χ0v) is 13.1. The van der Waals surface area contributed by atoms with Gasteiger partial charge in [-0.3, -0.25) is 4.98 Å². The van der Waals surface area contributed by atoms with E-state index < -0.39 is 6.85 Å². The molecule has 3 aromatic rings. The average Bonchev–Trinajstić information content (AvgIpc) is 2.55. The van der Waals surface area contributed by atoms with Gasteiger partial charge in [0, 0.05) is 15.9 Å². The molecule has 1 heterocycles. The van der Waals surface area contributed by atoms with Crippen LogP contribution >= 0.6 is 0 Å². The zero-order valence-electron chi connectivity index (χ0n) is 16.1. The number of rotatable bonds is 2. The van der Waals surface area contributed by atoms with Gasteiger partial charge in [-0.05, 0) is 67.6 Å². The van der Waals surface area contributed by atoms with Crippen LogP contribution in [0.1, 0.15) is 26.4 Å². The monoisotopic (exact) mass is 290 g/mol. The summed E-state index contributed by atoms with van der Waals surface area (Å²) in [6.07, 6.45) is 1.48. The number of hydrogen-bond acceptors (Lipinski definition) is 1. The van der Waals surface area contributed by atoms with Crippen molar-refractivity contribution in [1.82, 2.24) is 4.98 Å². The fourth-order valence-corrected chi connectivity index (χ4v) is 2.54. The third-order valence-corrected chi connectivity index (χ3v) is 4.01. The van der Waals surface area contributed by atoms with Gasteiger partial charge in [0.25, 0.3) is 0 Å². The number of aryl methyl sites for hydroxylation is 4. The van der Waals surface area contributed by atoms with Gasteiger partial charge in [-0.1, -0.05) is 42.0 Å². The normalized spacial score (nSPS) is 13.3. The lowest BCUT2D eigenvalue weighted by Crippen LogP contribution is -1.90. The molecule has 1 aromatic heterocycles. The highest BCUT2D eigenvalue weighted by Gasteiger charge is 2.07. The van der Waals surface area contributed by atoms with Crippen molar-refractivity contribution in [2.75, 3.05) is 0 Å². The molecule has 0 saturated carbocycles. The van der Waals surface area contributed by atoms with Gasteiger partial charge < -0.3 is 0 Å². The molecule has 110 valence electrons. The smallest absolute Gasteiger partial charge is 0.0705 e. The van der Waals surface area contributed by atoms with Crippen LogP contribution in [0, 0.1) is 27.6 Å². The largest absolute Gasteiger partial charge is 0.256 e. The number of aromatic nitrogens is 1. The van der Waals surface area contributed by atoms with Crippen molar-refractivity contribution in [2.45, 2.75) is 27.6 Å². The lowest BCUT2D eigenvalue weighted by atomic mass is 9.96. The van der Waals surface area contributed by atoms with Crippen molar-refractivity contribution in [3.05, 3.63) is 77.0 Å². The van der Waals surface area contributed by atoms with E-state index in [2.05, 4.69) is 55.2 Å². The molecule has 0 bridgehead atoms. The Balaban J connectivity index is 2.06. The minimum absolute atomic E-state index is 0.308. The maximum atomic E-state index is 7.57. The average molecular weight is 290 g/mol. The Labute approximate surface area is 136 Å². The van der Waals surface area contributed by atoms with Crippen LogP contribution in [0.2, 0.25) is 0 Å². The first kappa shape index (κ1) is 11.2. The molecule has 2 aromatic carbocycles. The van der Waals surface area contributed by atoms with Gasteiger partial charge in [-0.2, -0.15) is 0 Å². The molecule has 0 aliphatic carbocycles. The molecule has 0 fully saturated rings. The fourth-order valence-electron chi connectivity index (χ4n) is 2.54. The predicted molar refractivity (Wildman–Crippen MR) is 94.1 cm³/mol. The summed E-state index contributed by atoms with van der Waals surface area (Å²) in [5.74, 6) is 0. The predicted octanol–water partition coefficient (Wildman–Crippen LogP) is 5.65. The van der Waals surface area contributed by atoms with E-state index in [-0.39, 0.29) is 0 Å². The number of pyridine rings is 1. The molecule has 0 saturated heterocycles. The van der Waals surface area contributed by atoms with Crippen LogP contribution in [0.5, 0.6) is 0 Å². The van der Waals surface area contributed by atoms with Gasteiger partial charge in [0.15, 0.2) is 0 Å². The van der Waals surface area contributed by atoms with Crippen LogP contribution in [-0.4, -0.2) is 4.98 Å². The summed E-state index contributed by atoms with van der Waals surface area (Å²) in [5.41, 5.74) is 7.58. The van der Waals surface area contributed by atoms with Crippen LogP contribution in [0.4, 0.5) is 0 Å². The SMILES string of the molecule is [2H]C([2H])([2H])c1cnc(-c2ccc(C)c(-c3ccc(C)cc3)c2)cc1C. The summed E-state index contributed by atoms with van der Waals surface area (Å²) in [7, 11) is 0. The molecule has 0 aliphatic heterocycles. The molecule has 0 amide bonds. The summed E-state index contributed by atoms with van der Waals surface area (Å²) in [5, 5.41) is 0. The Morgan fingerprint density at radius 3 is 2.18 bits per heavy atom. The third-order valence-electron chi connectivity index (χ3n) is 4.01. The lowest BCUT2D eigenvalue weighted by Gasteiger charge is -2.10. The molecule has 0 unspecified atom stereocenters. The minimum Gasteiger partial charge on any atom is -0.256 e. The molecule has 1 nitrogen and oxygen atoms in total. The summed E-state index contributed by atoms with van der Waals surface area (Å²) < 4.78 is 22.7. The Bertz CT molecular complexity index is 909. The Morgan fingerprint density at radius 1 is 0.773 bits per heavy atom. The number of benzene rings is 2. The van der Waals surface area contributed by atoms with E-state index in [1.807, 2.05) is 19.1 Å². The molecule has 22 heavy (non-hydrogen) atoms. The van der Waals surface area contributed by atoms with Gasteiger partial charge in [0.05, 0.1) is 5.69 Å². The quantitative estimate of drug-likeness (QED) is 0.594. The van der Waals surface area contributed by atoms with E-state index in [1.54, 1.807) is 0 Å². The summed E-state index contributed by atoms with van der Waals surface area (Å²) >= 11 is 0. The molecule has 1 heteroatoms. The van der Waals surface area contributed by atoms with Gasteiger partial charge in [-0.15, -0.1) is 0 Å². The van der Waals surface area contributed by atoms with Crippen LogP contribution in [0.25, 0.3) is 22.4 Å². The molecular weight excluding hydrogens is 266 g/mol. The maximum Gasteiger partial charge on any atom is 0.0705 e. The molecule has 0 atom stereocenters. The molecule has 3 rings (SSSR count). The van der Waals surface area contributed by atoms with E-state index in [4.69, 9.17) is 4.11 Å². The first-order valence-electron chi connectivity index (χ1n) is 8.91. The zero-order chi connectivity index (χ0) is 18.2. The maximum absolute atomic E-state index is 7.57. The van der Waals surface area contributed by atoms with Crippen molar-refractivity contribution < 1.29 is 4.11 Å². The minimum atomic E-state index is -2.13. The van der Waals surface area contributed by atoms with E-state index in [1.165, 1.54) is 22.9 Å². The molecular formula is C21H21N. The second-order valence-electron chi connectivity index (χ2n) is 5.78. The standard InChI is InChI=1S/C21H21N/c1-14-5-8-18(9-6-14)20-12-19(10-7-15(20)2)21-11-16(3)17(4)13-22-21/h5-13H,1-4H3/i4D3. The summed E-state index contributed by atoms with van der Waals surface area (Å²) in [6, 6.07) is 16.5. The van der Waals surface area contributed by atoms with E-state index in [0.717, 1.165) is 22.4 Å². The lowest BCUT2D eigenvalue weighted by molar-refractivity contribution is 1.22. The van der Waals surface area contributed by atoms with Crippen LogP contribution in [-0.2, 0) is 0 Å². The molecule has 0 radical (unpaired) electrons. The number of hydrogen-bond donors (Lipinski definition) is 0. The summed E-state index contributed by atoms with van der Waals surface area (Å²) in [4.78, 5) is 4.39. The van der Waals surface area contributed by atoms with E-state index in [9.17, 15) is 0 Å². The topological polar surface area (TPSA) is 12.9 Å². The Kier molecular flexibility index (Phi) is 2.93. The summed E-state index contributed by atoms with van der Waals surface area (Å²) in [6.45, 7) is 3.86. The number of nitrogens with zero attached hydrogens (tertiary/aromatic N) is 1. The molecule has 0 aliphatic rings. The second-order valence-corrected chi connectivity index (χ2v) is 5.78. The second kappa shape index (κ2) is 5.76. The Morgan fingerprint density at radius 2 is 1.50 bits per heavy atom. The Hall–Kier alpha value is -2.41. The first-order valence-corrected chi connectivity index (χ1v) is 7.41. The van der Waals surface area contributed by atoms with Crippen LogP contribution in [0.3, 0.4) is 0 Å². The van der Waals surface area contributed by atoms with Gasteiger partial charge in [0.2, 0.25) is 0 Å². The van der Waals surface area contributed by atoms with Crippen molar-refractivity contribution in [3.63, 3.8) is 0 Å². The highest BCUT2D eigenvalue weighted by molar-refractivity contribution is 5.74. The first-order chi connectivity index (χ1) is 11.8. The third kappa shape index (κ3) is 2.80. The van der Waals surface area contributed by atoms with Crippen molar-refractivity contribution >= 4 is 0 Å². The van der Waals surface area contributed by atoms with Crippen LogP contribution in [0.15, 0.2) is 54.7 Å². The van der Waals surface area contributed by atoms with Crippen molar-refractivity contribution in [1.29, 1.82) is 0 Å². The van der Waals surface area contributed by atoms with E-state index >= 15 is 0 Å². The van der Waals surface area contributed by atoms with Gasteiger partial charge in [0.1, 0.15) is 0 Å². The molecule has 0 spiro atoms. The van der Waals surface area contributed by atoms with Gasteiger partial charge in [-0.25, -0.2) is 0 Å². The van der Waals surface area contributed by atoms with Gasteiger partial charge >= 0.3 is 0 Å².